The summed E-state index contributed by atoms with van der Waals surface area (Å²) in [6.45, 7) is 0.0757. The van der Waals surface area contributed by atoms with Gasteiger partial charge >= 0.3 is 0 Å². The van der Waals surface area contributed by atoms with Gasteiger partial charge in [0.25, 0.3) is 5.91 Å². The quantitative estimate of drug-likeness (QED) is 0.498. The molecule has 0 atom stereocenters. The highest BCUT2D eigenvalue weighted by Gasteiger charge is 2.12. The number of rotatable bonds is 9. The highest BCUT2D eigenvalue weighted by molar-refractivity contribution is 5.86. The molecule has 1 aliphatic heterocycles. The Morgan fingerprint density at radius 2 is 1.90 bits per heavy atom. The molecule has 2 aromatic rings. The number of hydrogen-bond donors (Lipinski definition) is 2. The summed E-state index contributed by atoms with van der Waals surface area (Å²) in [5.41, 5.74) is 4.27. The van der Waals surface area contributed by atoms with E-state index in [0.717, 1.165) is 23.3 Å². The van der Waals surface area contributed by atoms with Crippen LogP contribution >= 0.6 is 0 Å². The molecular formula is C21H23N3O5. The molecule has 0 bridgehead atoms. The molecule has 1 heterocycles. The highest BCUT2D eigenvalue weighted by Crippen LogP contribution is 2.31. The van der Waals surface area contributed by atoms with Crippen molar-refractivity contribution in [2.75, 3.05) is 20.4 Å². The maximum atomic E-state index is 11.9. The van der Waals surface area contributed by atoms with Gasteiger partial charge in [-0.1, -0.05) is 12.1 Å². The minimum absolute atomic E-state index is 0.125. The highest BCUT2D eigenvalue weighted by atomic mass is 16.7. The van der Waals surface area contributed by atoms with Crippen LogP contribution in [-0.4, -0.2) is 38.5 Å². The van der Waals surface area contributed by atoms with Gasteiger partial charge in [0, 0.05) is 6.42 Å². The second kappa shape index (κ2) is 10.1. The van der Waals surface area contributed by atoms with Crippen molar-refractivity contribution in [2.45, 2.75) is 19.3 Å². The Balaban J connectivity index is 1.31. The van der Waals surface area contributed by atoms with Crippen LogP contribution in [-0.2, 0) is 16.0 Å². The van der Waals surface area contributed by atoms with Crippen molar-refractivity contribution < 1.29 is 23.8 Å². The van der Waals surface area contributed by atoms with Crippen LogP contribution < -0.4 is 25.0 Å². The first kappa shape index (κ1) is 20.2. The van der Waals surface area contributed by atoms with Crippen LogP contribution in [0.3, 0.4) is 0 Å². The van der Waals surface area contributed by atoms with Crippen LogP contribution in [0.1, 0.15) is 24.0 Å². The molecule has 2 amide bonds. The summed E-state index contributed by atoms with van der Waals surface area (Å²) in [7, 11) is 1.62. The molecule has 0 saturated carbocycles. The Morgan fingerprint density at radius 3 is 2.69 bits per heavy atom. The first-order chi connectivity index (χ1) is 14.1. The van der Waals surface area contributed by atoms with E-state index in [1.807, 2.05) is 24.3 Å². The lowest BCUT2D eigenvalue weighted by Gasteiger charge is -2.05. The molecule has 0 radical (unpaired) electrons. The molecule has 8 heteroatoms. The molecule has 3 rings (SSSR count). The molecule has 1 aliphatic rings. The summed E-state index contributed by atoms with van der Waals surface area (Å²) >= 11 is 0. The second-order valence-corrected chi connectivity index (χ2v) is 6.38. The number of ether oxygens (including phenoxy) is 3. The number of hydrazone groups is 1. The molecule has 0 unspecified atom stereocenters. The van der Waals surface area contributed by atoms with Crippen molar-refractivity contribution in [3.8, 4) is 17.2 Å². The number of amides is 2. The maximum absolute atomic E-state index is 11.9. The van der Waals surface area contributed by atoms with E-state index in [2.05, 4.69) is 15.8 Å². The van der Waals surface area contributed by atoms with Crippen molar-refractivity contribution in [3.63, 3.8) is 0 Å². The fraction of sp³-hybridized carbons (Fsp3) is 0.286. The van der Waals surface area contributed by atoms with Crippen LogP contribution in [0.4, 0.5) is 0 Å². The van der Waals surface area contributed by atoms with E-state index in [9.17, 15) is 9.59 Å². The molecule has 0 saturated heterocycles. The Labute approximate surface area is 168 Å². The van der Waals surface area contributed by atoms with Gasteiger partial charge in [0.1, 0.15) is 5.75 Å². The number of carbonyl (C=O) groups is 2. The van der Waals surface area contributed by atoms with E-state index >= 15 is 0 Å². The normalized spacial score (nSPS) is 12.0. The molecule has 2 aromatic carbocycles. The molecule has 0 fully saturated rings. The van der Waals surface area contributed by atoms with Gasteiger partial charge in [0.05, 0.1) is 19.9 Å². The van der Waals surface area contributed by atoms with Gasteiger partial charge < -0.3 is 19.5 Å². The van der Waals surface area contributed by atoms with Crippen molar-refractivity contribution >= 4 is 18.0 Å². The molecule has 152 valence electrons. The van der Waals surface area contributed by atoms with Crippen molar-refractivity contribution in [1.82, 2.24) is 10.7 Å². The monoisotopic (exact) mass is 397 g/mol. The fourth-order valence-electron chi connectivity index (χ4n) is 2.72. The van der Waals surface area contributed by atoms with E-state index in [4.69, 9.17) is 14.2 Å². The Hall–Kier alpha value is -3.55. The van der Waals surface area contributed by atoms with E-state index < -0.39 is 5.91 Å². The minimum atomic E-state index is -0.398. The van der Waals surface area contributed by atoms with Crippen LogP contribution in [0, 0.1) is 0 Å². The first-order valence-corrected chi connectivity index (χ1v) is 9.25. The first-order valence-electron chi connectivity index (χ1n) is 9.25. The SMILES string of the molecule is COc1ccc(CCCC(=O)NCC(=O)NN=Cc2ccc3c(c2)OCO3)cc1. The molecular weight excluding hydrogens is 374 g/mol. The summed E-state index contributed by atoms with van der Waals surface area (Å²) in [4.78, 5) is 23.7. The predicted molar refractivity (Wildman–Crippen MR) is 107 cm³/mol. The fourth-order valence-corrected chi connectivity index (χ4v) is 2.72. The van der Waals surface area contributed by atoms with Gasteiger partial charge in [0.2, 0.25) is 12.7 Å². The summed E-state index contributed by atoms with van der Waals surface area (Å²) in [6.07, 6.45) is 3.32. The zero-order chi connectivity index (χ0) is 20.5. The molecule has 8 nitrogen and oxygen atoms in total. The third kappa shape index (κ3) is 6.24. The number of aryl methyl sites for hydroxylation is 1. The Kier molecular flexibility index (Phi) is 7.05. The lowest BCUT2D eigenvalue weighted by Crippen LogP contribution is -2.34. The lowest BCUT2D eigenvalue weighted by molar-refractivity contribution is -0.126. The minimum Gasteiger partial charge on any atom is -0.497 e. The van der Waals surface area contributed by atoms with Gasteiger partial charge in [-0.15, -0.1) is 0 Å². The number of carbonyl (C=O) groups excluding carboxylic acids is 2. The van der Waals surface area contributed by atoms with E-state index in [1.54, 1.807) is 25.3 Å². The largest absolute Gasteiger partial charge is 0.497 e. The third-order valence-corrected chi connectivity index (χ3v) is 4.27. The topological polar surface area (TPSA) is 98.2 Å². The average molecular weight is 397 g/mol. The van der Waals surface area contributed by atoms with Gasteiger partial charge in [-0.3, -0.25) is 9.59 Å². The average Bonchev–Trinajstić information content (AvgIpc) is 3.21. The summed E-state index contributed by atoms with van der Waals surface area (Å²) in [5, 5.41) is 6.47. The van der Waals surface area contributed by atoms with E-state index in [1.165, 1.54) is 6.21 Å². The molecule has 0 aromatic heterocycles. The van der Waals surface area contributed by atoms with E-state index in [0.29, 0.717) is 24.3 Å². The van der Waals surface area contributed by atoms with Crippen LogP contribution in [0.2, 0.25) is 0 Å². The zero-order valence-electron chi connectivity index (χ0n) is 16.1. The molecule has 29 heavy (non-hydrogen) atoms. The van der Waals surface area contributed by atoms with Crippen molar-refractivity contribution in [1.29, 1.82) is 0 Å². The third-order valence-electron chi connectivity index (χ3n) is 4.27. The number of nitrogens with one attached hydrogen (secondary N) is 2. The Bertz CT molecular complexity index is 880. The van der Waals surface area contributed by atoms with Crippen LogP contribution in [0.15, 0.2) is 47.6 Å². The van der Waals surface area contributed by atoms with E-state index in [-0.39, 0.29) is 19.2 Å². The number of fused-ring (bicyclic) bond motifs is 1. The van der Waals surface area contributed by atoms with Gasteiger partial charge in [-0.2, -0.15) is 5.10 Å². The molecule has 0 aliphatic carbocycles. The number of hydrogen-bond acceptors (Lipinski definition) is 6. The molecule has 2 N–H and O–H groups in total. The van der Waals surface area contributed by atoms with Crippen molar-refractivity contribution in [2.24, 2.45) is 5.10 Å². The number of nitrogens with zero attached hydrogens (tertiary/aromatic N) is 1. The lowest BCUT2D eigenvalue weighted by atomic mass is 10.1. The second-order valence-electron chi connectivity index (χ2n) is 6.38. The number of benzene rings is 2. The van der Waals surface area contributed by atoms with Crippen molar-refractivity contribution in [3.05, 3.63) is 53.6 Å². The number of methoxy groups -OCH3 is 1. The molecule has 0 spiro atoms. The van der Waals surface area contributed by atoms with Gasteiger partial charge in [0.15, 0.2) is 11.5 Å². The summed E-state index contributed by atoms with van der Waals surface area (Å²) in [5.74, 6) is 1.56. The maximum Gasteiger partial charge on any atom is 0.259 e. The van der Waals surface area contributed by atoms with Crippen LogP contribution in [0.5, 0.6) is 17.2 Å². The standard InChI is InChI=1S/C21H23N3O5/c1-27-17-8-5-15(6-9-17)3-2-4-20(25)22-13-21(26)24-23-12-16-7-10-18-19(11-16)29-14-28-18/h5-12H,2-4,13-14H2,1H3,(H,22,25)(H,24,26). The van der Waals surface area contributed by atoms with Crippen LogP contribution in [0.25, 0.3) is 0 Å². The summed E-state index contributed by atoms with van der Waals surface area (Å²) in [6, 6.07) is 13.1. The Morgan fingerprint density at radius 1 is 1.10 bits per heavy atom. The van der Waals surface area contributed by atoms with Gasteiger partial charge in [-0.05, 0) is 54.3 Å². The summed E-state index contributed by atoms with van der Waals surface area (Å²) < 4.78 is 15.6. The van der Waals surface area contributed by atoms with Gasteiger partial charge in [-0.25, -0.2) is 5.43 Å². The predicted octanol–water partition coefficient (Wildman–Crippen LogP) is 2.01. The zero-order valence-corrected chi connectivity index (χ0v) is 16.1. The smallest absolute Gasteiger partial charge is 0.259 e.